The summed E-state index contributed by atoms with van der Waals surface area (Å²) in [7, 11) is -17.1. The third-order valence-corrected chi connectivity index (χ3v) is 7.74. The van der Waals surface area contributed by atoms with Gasteiger partial charge in [0.15, 0.2) is 6.17 Å². The number of nitrogens with two attached hydrogens (primary N) is 1. The predicted molar refractivity (Wildman–Crippen MR) is 97.5 cm³/mol. The molecule has 1 aliphatic heterocycles. The zero-order valence-corrected chi connectivity index (χ0v) is 18.3. The molecule has 19 nitrogen and oxygen atoms in total. The molecule has 0 amide bonds. The predicted octanol–water partition coefficient (Wildman–Crippen LogP) is -2.20. The number of ether oxygens (including phenoxy) is 1. The van der Waals surface area contributed by atoms with Gasteiger partial charge < -0.3 is 40.3 Å². The average Bonchev–Trinajstić information content (AvgIpc) is 3.10. The number of phosphoric ester groups is 1. The van der Waals surface area contributed by atoms with E-state index in [1.807, 2.05) is 0 Å². The number of H-pyrrole nitrogens is 1. The van der Waals surface area contributed by atoms with Gasteiger partial charge in [-0.05, 0) is 0 Å². The molecule has 9 N–H and O–H groups in total. The highest BCUT2D eigenvalue weighted by Gasteiger charge is 2.58. The smallest absolute Gasteiger partial charge is 0.369 e. The van der Waals surface area contributed by atoms with Crippen LogP contribution >= 0.6 is 23.5 Å². The van der Waals surface area contributed by atoms with Crippen molar-refractivity contribution >= 4 is 35.2 Å². The molecule has 0 aliphatic carbocycles. The van der Waals surface area contributed by atoms with Crippen molar-refractivity contribution < 1.29 is 65.8 Å². The summed E-state index contributed by atoms with van der Waals surface area (Å²) in [6, 6.07) is 0. The minimum Gasteiger partial charge on any atom is -0.369 e. The van der Waals surface area contributed by atoms with Crippen molar-refractivity contribution in [3.63, 3.8) is 0 Å². The second kappa shape index (κ2) is 8.54. The first-order valence-corrected chi connectivity index (χ1v) is 12.7. The number of halogens is 1. The van der Waals surface area contributed by atoms with E-state index >= 15 is 0 Å². The van der Waals surface area contributed by atoms with Crippen LogP contribution in [0.25, 0.3) is 5.78 Å². The van der Waals surface area contributed by atoms with E-state index < -0.39 is 59.9 Å². The number of rotatable bonds is 8. The van der Waals surface area contributed by atoms with Gasteiger partial charge in [0.2, 0.25) is 17.5 Å². The van der Waals surface area contributed by atoms with E-state index in [1.54, 1.807) is 0 Å². The van der Waals surface area contributed by atoms with E-state index in [0.717, 1.165) is 10.6 Å². The first-order chi connectivity index (χ1) is 14.9. The lowest BCUT2D eigenvalue weighted by Gasteiger charge is -2.24. The SMILES string of the molecule is Nc1nc2nc([C@@H]3O[C@H](COP(=O)(O)OP(=O)(O)OP(=O)(O)O)C(O)(O)[C@@H]3F)cn2c(=O)[nH]1. The third-order valence-electron chi connectivity index (χ3n) is 3.93. The lowest BCUT2D eigenvalue weighted by Crippen LogP contribution is -2.47. The summed E-state index contributed by atoms with van der Waals surface area (Å²) in [6.07, 6.45) is -5.72. The maximum absolute atomic E-state index is 14.7. The fraction of sp³-hybridized carbons (Fsp3) is 0.500. The Morgan fingerprint density at radius 1 is 1.18 bits per heavy atom. The van der Waals surface area contributed by atoms with Crippen molar-refractivity contribution in [2.75, 3.05) is 12.3 Å². The molecule has 0 saturated carbocycles. The molecule has 23 heteroatoms. The molecule has 2 unspecified atom stereocenters. The van der Waals surface area contributed by atoms with Crippen molar-refractivity contribution in [3.8, 4) is 0 Å². The van der Waals surface area contributed by atoms with Crippen LogP contribution in [0.5, 0.6) is 0 Å². The lowest BCUT2D eigenvalue weighted by atomic mass is 10.0. The van der Waals surface area contributed by atoms with Gasteiger partial charge in [0.05, 0.1) is 12.3 Å². The number of phosphoric acid groups is 3. The van der Waals surface area contributed by atoms with E-state index in [2.05, 4.69) is 28.1 Å². The molecule has 5 atom stereocenters. The standard InChI is InChI=1S/C10H15FN5O14P3/c11-6-5(3-1-16-8(13-3)14-7(12)15-9(16)17)28-4(10(6,18)19)2-27-32(23,24)30-33(25,26)29-31(20,21)22/h1,4-6,18-19H,2H2,(H,23,24)(H,25,26)(H2,20,21,22)(H3,12,13,14,15,17)/t4-,5+,6-/m1/s1. The summed E-state index contributed by atoms with van der Waals surface area (Å²) < 4.78 is 65.4. The monoisotopic (exact) mass is 541 g/mol. The van der Waals surface area contributed by atoms with Crippen LogP contribution in [-0.2, 0) is 31.6 Å². The van der Waals surface area contributed by atoms with Crippen molar-refractivity contribution in [1.29, 1.82) is 0 Å². The van der Waals surface area contributed by atoms with Crippen LogP contribution in [0.3, 0.4) is 0 Å². The second-order valence-electron chi connectivity index (χ2n) is 6.38. The Balaban J connectivity index is 1.75. The molecule has 1 fully saturated rings. The first kappa shape index (κ1) is 26.0. The number of hydrogen-bond donors (Lipinski definition) is 8. The van der Waals surface area contributed by atoms with Crippen LogP contribution < -0.4 is 11.4 Å². The summed E-state index contributed by atoms with van der Waals surface area (Å²) in [6.45, 7) is -1.35. The van der Waals surface area contributed by atoms with Gasteiger partial charge >= 0.3 is 29.2 Å². The number of aliphatic hydroxyl groups is 2. The Morgan fingerprint density at radius 3 is 2.42 bits per heavy atom. The van der Waals surface area contributed by atoms with Crippen LogP contribution in [0.15, 0.2) is 11.0 Å². The number of fused-ring (bicyclic) bond motifs is 1. The van der Waals surface area contributed by atoms with E-state index in [-0.39, 0.29) is 17.4 Å². The molecule has 2 aromatic heterocycles. The van der Waals surface area contributed by atoms with Crippen LogP contribution in [0.2, 0.25) is 0 Å². The maximum Gasteiger partial charge on any atom is 0.490 e. The van der Waals surface area contributed by atoms with Gasteiger partial charge in [-0.15, -0.1) is 0 Å². The van der Waals surface area contributed by atoms with Gasteiger partial charge in [0, 0.05) is 6.20 Å². The number of nitrogens with zero attached hydrogens (tertiary/aromatic N) is 3. The van der Waals surface area contributed by atoms with Crippen molar-refractivity contribution in [2.45, 2.75) is 24.2 Å². The number of aromatic amines is 1. The number of imidazole rings is 1. The van der Waals surface area contributed by atoms with E-state index in [0.29, 0.717) is 0 Å². The Labute approximate surface area is 180 Å². The number of alkyl halides is 1. The van der Waals surface area contributed by atoms with Crippen LogP contribution in [-0.4, -0.2) is 73.8 Å². The van der Waals surface area contributed by atoms with E-state index in [9.17, 15) is 38.0 Å². The van der Waals surface area contributed by atoms with Crippen LogP contribution in [0.1, 0.15) is 11.8 Å². The lowest BCUT2D eigenvalue weighted by molar-refractivity contribution is -0.221. The molecule has 1 saturated heterocycles. The molecule has 3 heterocycles. The van der Waals surface area contributed by atoms with Gasteiger partial charge in [-0.25, -0.2) is 32.3 Å². The number of anilines is 1. The van der Waals surface area contributed by atoms with Gasteiger partial charge in [0.25, 0.3) is 0 Å². The molecule has 0 radical (unpaired) electrons. The van der Waals surface area contributed by atoms with E-state index in [1.165, 1.54) is 0 Å². The van der Waals surface area contributed by atoms with Gasteiger partial charge in [-0.1, -0.05) is 0 Å². The summed E-state index contributed by atoms with van der Waals surface area (Å²) in [5, 5.41) is 20.0. The van der Waals surface area contributed by atoms with Gasteiger partial charge in [0.1, 0.15) is 12.2 Å². The van der Waals surface area contributed by atoms with Gasteiger partial charge in [-0.3, -0.25) is 9.51 Å². The fourth-order valence-corrected chi connectivity index (χ4v) is 5.67. The fourth-order valence-electron chi connectivity index (χ4n) is 2.65. The molecule has 33 heavy (non-hydrogen) atoms. The number of hydrogen-bond acceptors (Lipinski definition) is 13. The Bertz CT molecular complexity index is 1260. The van der Waals surface area contributed by atoms with E-state index in [4.69, 9.17) is 25.2 Å². The molecule has 0 bridgehead atoms. The molecular formula is C10H15FN5O14P3. The van der Waals surface area contributed by atoms with Crippen molar-refractivity contribution in [2.24, 2.45) is 0 Å². The maximum atomic E-state index is 14.7. The highest BCUT2D eigenvalue weighted by Crippen LogP contribution is 2.66. The van der Waals surface area contributed by atoms with Gasteiger partial charge in [-0.2, -0.15) is 13.6 Å². The zero-order chi connectivity index (χ0) is 25.0. The van der Waals surface area contributed by atoms with Crippen molar-refractivity contribution in [3.05, 3.63) is 22.4 Å². The Kier molecular flexibility index (Phi) is 6.73. The minimum absolute atomic E-state index is 0.291. The number of nitrogen functional groups attached to an aromatic ring is 1. The molecule has 186 valence electrons. The largest absolute Gasteiger partial charge is 0.490 e. The topological polar surface area (TPSA) is 299 Å². The highest BCUT2D eigenvalue weighted by atomic mass is 31.3. The minimum atomic E-state index is -5.83. The Morgan fingerprint density at radius 2 is 1.82 bits per heavy atom. The number of nitrogens with one attached hydrogen (secondary N) is 1. The zero-order valence-electron chi connectivity index (χ0n) is 15.6. The van der Waals surface area contributed by atoms with Crippen molar-refractivity contribution in [1.82, 2.24) is 19.4 Å². The first-order valence-electron chi connectivity index (χ1n) is 8.18. The third kappa shape index (κ3) is 5.90. The second-order valence-corrected chi connectivity index (χ2v) is 10.8. The highest BCUT2D eigenvalue weighted by molar-refractivity contribution is 7.66. The normalized spacial score (nSPS) is 26.8. The van der Waals surface area contributed by atoms with Crippen LogP contribution in [0, 0.1) is 0 Å². The summed E-state index contributed by atoms with van der Waals surface area (Å²) >= 11 is 0. The molecule has 0 aromatic carbocycles. The molecular weight excluding hydrogens is 526 g/mol. The molecule has 1 aliphatic rings. The molecule has 0 spiro atoms. The molecule has 2 aromatic rings. The Hall–Kier alpha value is -1.63. The van der Waals surface area contributed by atoms with Crippen LogP contribution in [0.4, 0.5) is 10.3 Å². The quantitative estimate of drug-likeness (QED) is 0.130. The summed E-state index contributed by atoms with van der Waals surface area (Å²) in [5.41, 5.74) is 4.19. The summed E-state index contributed by atoms with van der Waals surface area (Å²) in [4.78, 5) is 56.9. The number of aromatic nitrogens is 4. The average molecular weight is 541 g/mol. The summed E-state index contributed by atoms with van der Waals surface area (Å²) in [5.74, 6) is -3.98. The molecule has 3 rings (SSSR count).